The molecule has 1 atom stereocenters. The van der Waals surface area contributed by atoms with Gasteiger partial charge in [-0.2, -0.15) is 0 Å². The summed E-state index contributed by atoms with van der Waals surface area (Å²) in [4.78, 5) is 0. The molecular weight excluding hydrogens is 126 g/mol. The molecular formula is C8H13NO. The van der Waals surface area contributed by atoms with Gasteiger partial charge in [0, 0.05) is 12.2 Å². The van der Waals surface area contributed by atoms with Gasteiger partial charge in [-0.1, -0.05) is 0 Å². The SMILES string of the molecule is COC1=CNC(C)C(C)=C1. The average Bonchev–Trinajstić information content (AvgIpc) is 1.95. The molecule has 2 heteroatoms. The summed E-state index contributed by atoms with van der Waals surface area (Å²) in [6, 6.07) is 0.443. The molecule has 1 aliphatic rings. The number of hydrogen-bond donors (Lipinski definition) is 1. The maximum absolute atomic E-state index is 5.03. The highest BCUT2D eigenvalue weighted by atomic mass is 16.5. The smallest absolute Gasteiger partial charge is 0.134 e. The van der Waals surface area contributed by atoms with Gasteiger partial charge in [-0.25, -0.2) is 0 Å². The molecule has 0 aromatic heterocycles. The lowest BCUT2D eigenvalue weighted by molar-refractivity contribution is 0.300. The summed E-state index contributed by atoms with van der Waals surface area (Å²) in [5.41, 5.74) is 1.30. The van der Waals surface area contributed by atoms with Crippen molar-refractivity contribution >= 4 is 0 Å². The Morgan fingerprint density at radius 3 is 2.80 bits per heavy atom. The molecule has 2 nitrogen and oxygen atoms in total. The molecule has 0 spiro atoms. The molecule has 0 saturated carbocycles. The van der Waals surface area contributed by atoms with Crippen LogP contribution in [0, 0.1) is 0 Å². The summed E-state index contributed by atoms with van der Waals surface area (Å²) < 4.78 is 5.03. The quantitative estimate of drug-likeness (QED) is 0.593. The lowest BCUT2D eigenvalue weighted by Crippen LogP contribution is -2.25. The zero-order chi connectivity index (χ0) is 7.56. The van der Waals surface area contributed by atoms with Crippen molar-refractivity contribution in [2.75, 3.05) is 7.11 Å². The maximum atomic E-state index is 5.03. The third kappa shape index (κ3) is 1.32. The van der Waals surface area contributed by atoms with E-state index in [4.69, 9.17) is 4.74 Å². The highest BCUT2D eigenvalue weighted by Crippen LogP contribution is 2.11. The van der Waals surface area contributed by atoms with E-state index in [9.17, 15) is 0 Å². The van der Waals surface area contributed by atoms with Crippen molar-refractivity contribution in [3.05, 3.63) is 23.6 Å². The second kappa shape index (κ2) is 2.78. The van der Waals surface area contributed by atoms with Gasteiger partial charge < -0.3 is 10.1 Å². The summed E-state index contributed by atoms with van der Waals surface area (Å²) >= 11 is 0. The van der Waals surface area contributed by atoms with Crippen molar-refractivity contribution < 1.29 is 4.74 Å². The molecule has 0 aromatic carbocycles. The molecule has 10 heavy (non-hydrogen) atoms. The van der Waals surface area contributed by atoms with Crippen LogP contribution in [-0.4, -0.2) is 13.2 Å². The summed E-state index contributed by atoms with van der Waals surface area (Å²) in [6.07, 6.45) is 3.93. The number of methoxy groups -OCH3 is 1. The summed E-state index contributed by atoms with van der Waals surface area (Å²) in [5, 5.41) is 3.18. The molecule has 0 aliphatic carbocycles. The Morgan fingerprint density at radius 1 is 1.60 bits per heavy atom. The Morgan fingerprint density at radius 2 is 2.30 bits per heavy atom. The van der Waals surface area contributed by atoms with E-state index in [1.807, 2.05) is 12.3 Å². The van der Waals surface area contributed by atoms with E-state index in [2.05, 4.69) is 19.2 Å². The minimum absolute atomic E-state index is 0.443. The highest BCUT2D eigenvalue weighted by Gasteiger charge is 2.07. The van der Waals surface area contributed by atoms with Crippen LogP contribution in [-0.2, 0) is 4.74 Å². The van der Waals surface area contributed by atoms with Gasteiger partial charge in [0.2, 0.25) is 0 Å². The Hall–Kier alpha value is -0.920. The normalized spacial score (nSPS) is 24.5. The predicted octanol–water partition coefficient (Wildman–Crippen LogP) is 1.41. The zero-order valence-corrected chi connectivity index (χ0v) is 6.64. The minimum atomic E-state index is 0.443. The molecule has 0 saturated heterocycles. The monoisotopic (exact) mass is 139 g/mol. The van der Waals surface area contributed by atoms with Crippen LogP contribution in [0.2, 0.25) is 0 Å². The fourth-order valence-electron chi connectivity index (χ4n) is 0.847. The molecule has 0 radical (unpaired) electrons. The summed E-state index contributed by atoms with van der Waals surface area (Å²) in [7, 11) is 1.67. The van der Waals surface area contributed by atoms with E-state index in [1.165, 1.54) is 5.57 Å². The average molecular weight is 139 g/mol. The maximum Gasteiger partial charge on any atom is 0.134 e. The summed E-state index contributed by atoms with van der Waals surface area (Å²) in [6.45, 7) is 4.21. The highest BCUT2D eigenvalue weighted by molar-refractivity contribution is 5.24. The molecule has 1 unspecified atom stereocenters. The Bertz CT molecular complexity index is 182. The number of rotatable bonds is 1. The molecule has 0 bridgehead atoms. The van der Waals surface area contributed by atoms with E-state index in [1.54, 1.807) is 7.11 Å². The Labute approximate surface area is 61.6 Å². The van der Waals surface area contributed by atoms with E-state index in [0.717, 1.165) is 5.76 Å². The number of nitrogens with one attached hydrogen (secondary N) is 1. The molecule has 1 heterocycles. The van der Waals surface area contributed by atoms with Crippen LogP contribution < -0.4 is 5.32 Å². The van der Waals surface area contributed by atoms with Crippen LogP contribution in [0.15, 0.2) is 23.6 Å². The topological polar surface area (TPSA) is 21.3 Å². The van der Waals surface area contributed by atoms with Crippen LogP contribution in [0.3, 0.4) is 0 Å². The molecule has 0 aromatic rings. The number of ether oxygens (including phenoxy) is 1. The van der Waals surface area contributed by atoms with E-state index in [0.29, 0.717) is 6.04 Å². The molecule has 1 rings (SSSR count). The third-order valence-electron chi connectivity index (χ3n) is 1.76. The Kier molecular flexibility index (Phi) is 2.00. The van der Waals surface area contributed by atoms with Crippen molar-refractivity contribution in [1.82, 2.24) is 5.32 Å². The van der Waals surface area contributed by atoms with E-state index in [-0.39, 0.29) is 0 Å². The van der Waals surface area contributed by atoms with E-state index >= 15 is 0 Å². The van der Waals surface area contributed by atoms with Crippen molar-refractivity contribution in [3.63, 3.8) is 0 Å². The van der Waals surface area contributed by atoms with Crippen molar-refractivity contribution in [2.24, 2.45) is 0 Å². The first-order valence-electron chi connectivity index (χ1n) is 3.42. The van der Waals surface area contributed by atoms with Crippen LogP contribution in [0.1, 0.15) is 13.8 Å². The third-order valence-corrected chi connectivity index (χ3v) is 1.76. The van der Waals surface area contributed by atoms with Crippen LogP contribution in [0.25, 0.3) is 0 Å². The molecule has 1 aliphatic heterocycles. The van der Waals surface area contributed by atoms with Crippen LogP contribution in [0.5, 0.6) is 0 Å². The number of dihydropyridines is 1. The molecule has 0 amide bonds. The largest absolute Gasteiger partial charge is 0.495 e. The fraction of sp³-hybridized carbons (Fsp3) is 0.500. The molecule has 1 N–H and O–H groups in total. The van der Waals surface area contributed by atoms with Gasteiger partial charge in [0.1, 0.15) is 5.76 Å². The number of allylic oxidation sites excluding steroid dienone is 1. The van der Waals surface area contributed by atoms with Gasteiger partial charge in [-0.15, -0.1) is 0 Å². The van der Waals surface area contributed by atoms with Crippen molar-refractivity contribution in [3.8, 4) is 0 Å². The molecule has 56 valence electrons. The first-order valence-corrected chi connectivity index (χ1v) is 3.42. The predicted molar refractivity (Wildman–Crippen MR) is 41.4 cm³/mol. The van der Waals surface area contributed by atoms with Gasteiger partial charge >= 0.3 is 0 Å². The van der Waals surface area contributed by atoms with Gasteiger partial charge in [-0.3, -0.25) is 0 Å². The van der Waals surface area contributed by atoms with Crippen molar-refractivity contribution in [1.29, 1.82) is 0 Å². The van der Waals surface area contributed by atoms with Crippen LogP contribution >= 0.6 is 0 Å². The molecule has 0 fully saturated rings. The van der Waals surface area contributed by atoms with E-state index < -0.39 is 0 Å². The zero-order valence-electron chi connectivity index (χ0n) is 6.64. The van der Waals surface area contributed by atoms with Gasteiger partial charge in [0.15, 0.2) is 0 Å². The second-order valence-electron chi connectivity index (χ2n) is 2.53. The number of hydrogen-bond acceptors (Lipinski definition) is 2. The first-order chi connectivity index (χ1) is 4.74. The standard InChI is InChI=1S/C8H13NO/c1-6-4-8(10-3)5-9-7(6)2/h4-5,7,9H,1-3H3. The van der Waals surface area contributed by atoms with Gasteiger partial charge in [-0.05, 0) is 25.5 Å². The van der Waals surface area contributed by atoms with Gasteiger partial charge in [0.25, 0.3) is 0 Å². The lowest BCUT2D eigenvalue weighted by atomic mass is 10.1. The summed E-state index contributed by atoms with van der Waals surface area (Å²) in [5.74, 6) is 0.899. The van der Waals surface area contributed by atoms with Crippen LogP contribution in [0.4, 0.5) is 0 Å². The fourth-order valence-corrected chi connectivity index (χ4v) is 0.847. The first kappa shape index (κ1) is 7.19. The second-order valence-corrected chi connectivity index (χ2v) is 2.53. The minimum Gasteiger partial charge on any atom is -0.495 e. The lowest BCUT2D eigenvalue weighted by Gasteiger charge is -2.18. The van der Waals surface area contributed by atoms with Crippen molar-refractivity contribution in [2.45, 2.75) is 19.9 Å². The Balaban J connectivity index is 2.69. The van der Waals surface area contributed by atoms with Gasteiger partial charge in [0.05, 0.1) is 7.11 Å².